The molecule has 9 atom stereocenters. The van der Waals surface area contributed by atoms with Gasteiger partial charge in [-0.15, -0.1) is 0 Å². The molecule has 1 unspecified atom stereocenters. The van der Waals surface area contributed by atoms with Gasteiger partial charge >= 0.3 is 0 Å². The number of nitrogens with zero attached hydrogens (tertiary/aromatic N) is 1. The molecule has 0 heterocycles. The molecule has 0 N–H and O–H groups in total. The summed E-state index contributed by atoms with van der Waals surface area (Å²) in [5.74, 6) is 5.12. The van der Waals surface area contributed by atoms with Crippen LogP contribution in [0.25, 0.3) is 0 Å². The van der Waals surface area contributed by atoms with E-state index in [2.05, 4.69) is 72.2 Å². The topological polar surface area (TPSA) is 42.2 Å². The molecule has 4 rings (SSSR count). The van der Waals surface area contributed by atoms with Crippen LogP contribution in [-0.2, 0) is 8.85 Å². The van der Waals surface area contributed by atoms with Crippen LogP contribution in [0.5, 0.6) is 0 Å². The number of hydrogen-bond donors (Lipinski definition) is 0. The molecule has 0 aliphatic heterocycles. The Kier molecular flexibility index (Phi) is 7.06. The summed E-state index contributed by atoms with van der Waals surface area (Å²) in [5, 5.41) is 9.41. The van der Waals surface area contributed by atoms with Gasteiger partial charge in [0.05, 0.1) is 11.8 Å². The monoisotopic (exact) mass is 501 g/mol. The maximum Gasteiger partial charge on any atom is 0.241 e. The molecule has 0 aromatic rings. The molecule has 3 fully saturated rings. The van der Waals surface area contributed by atoms with Crippen LogP contribution >= 0.6 is 0 Å². The first-order valence-electron chi connectivity index (χ1n) is 14.1. The van der Waals surface area contributed by atoms with Gasteiger partial charge in [-0.25, -0.2) is 0 Å². The maximum absolute atomic E-state index is 9.41. The van der Waals surface area contributed by atoms with Gasteiger partial charge in [0, 0.05) is 18.4 Å². The van der Waals surface area contributed by atoms with Gasteiger partial charge in [-0.05, 0) is 131 Å². The summed E-state index contributed by atoms with van der Waals surface area (Å²) in [6.07, 6.45) is 12.7. The molecule has 34 heavy (non-hydrogen) atoms. The zero-order valence-corrected chi connectivity index (χ0v) is 25.5. The van der Waals surface area contributed by atoms with Crippen molar-refractivity contribution >= 4 is 16.6 Å². The average molecular weight is 502 g/mol. The molecule has 0 aromatic carbocycles. The highest BCUT2D eigenvalue weighted by atomic mass is 28.4. The molecule has 0 amide bonds. The third-order valence-corrected chi connectivity index (χ3v) is 12.2. The highest BCUT2D eigenvalue weighted by molar-refractivity contribution is 6.70. The van der Waals surface area contributed by atoms with Crippen LogP contribution in [0.4, 0.5) is 0 Å². The lowest BCUT2D eigenvalue weighted by Crippen LogP contribution is -2.55. The van der Waals surface area contributed by atoms with E-state index in [1.807, 2.05) is 0 Å². The number of fused-ring (bicyclic) bond motifs is 5. The summed E-state index contributed by atoms with van der Waals surface area (Å²) in [4.78, 5) is 0. The minimum Gasteiger partial charge on any atom is -0.547 e. The first-order chi connectivity index (χ1) is 15.7. The van der Waals surface area contributed by atoms with E-state index in [0.29, 0.717) is 52.9 Å². The van der Waals surface area contributed by atoms with Crippen molar-refractivity contribution in [1.29, 1.82) is 5.26 Å². The number of rotatable bonds is 6. The van der Waals surface area contributed by atoms with Gasteiger partial charge in [-0.3, -0.25) is 0 Å². The zero-order chi connectivity index (χ0) is 25.1. The minimum absolute atomic E-state index is 0.348. The molecule has 0 saturated heterocycles. The lowest BCUT2D eigenvalue weighted by atomic mass is 9.46. The summed E-state index contributed by atoms with van der Waals surface area (Å²) >= 11 is 0. The molecular formula is C29H51NO2Si2. The molecule has 4 aliphatic carbocycles. The lowest BCUT2D eigenvalue weighted by Gasteiger charge is -2.60. The van der Waals surface area contributed by atoms with Crippen molar-refractivity contribution in [2.75, 3.05) is 0 Å². The minimum atomic E-state index is -1.71. The zero-order valence-electron chi connectivity index (χ0n) is 23.5. The predicted molar refractivity (Wildman–Crippen MR) is 146 cm³/mol. The highest BCUT2D eigenvalue weighted by Crippen LogP contribution is 2.68. The fraction of sp³-hybridized carbons (Fsp3) is 0.897. The SMILES string of the molecule is C[C@H](CC#N)[C@H]1CC[C@H]2[C@@H]3C(O[Si](C)(C)C)=C[C@@H]4CC(O[Si](C)(C)C)CC[C@]4(C)[C@H]3CC[C@]12C. The van der Waals surface area contributed by atoms with Crippen molar-refractivity contribution < 1.29 is 8.85 Å². The Labute approximate surface area is 212 Å². The van der Waals surface area contributed by atoms with Gasteiger partial charge in [-0.1, -0.05) is 20.8 Å². The molecular weight excluding hydrogens is 450 g/mol. The third kappa shape index (κ3) is 4.85. The maximum atomic E-state index is 9.41. The summed E-state index contributed by atoms with van der Waals surface area (Å²) in [5.41, 5.74) is 0.717. The van der Waals surface area contributed by atoms with Gasteiger partial charge in [0.2, 0.25) is 8.32 Å². The van der Waals surface area contributed by atoms with Crippen LogP contribution in [-0.4, -0.2) is 22.7 Å². The number of allylic oxidation sites excluding steroid dienone is 2. The summed E-state index contributed by atoms with van der Waals surface area (Å²) in [7, 11) is -3.25. The van der Waals surface area contributed by atoms with Crippen LogP contribution in [0.3, 0.4) is 0 Å². The van der Waals surface area contributed by atoms with Crippen molar-refractivity contribution in [3.63, 3.8) is 0 Å². The first-order valence-corrected chi connectivity index (χ1v) is 20.9. The molecule has 4 aliphatic rings. The number of hydrogen-bond acceptors (Lipinski definition) is 3. The Morgan fingerprint density at radius 2 is 1.62 bits per heavy atom. The lowest BCUT2D eigenvalue weighted by molar-refractivity contribution is -0.0943. The van der Waals surface area contributed by atoms with Crippen molar-refractivity contribution in [3.8, 4) is 6.07 Å². The second-order valence-corrected chi connectivity index (χ2v) is 23.7. The second kappa shape index (κ2) is 9.07. The smallest absolute Gasteiger partial charge is 0.241 e. The molecule has 3 nitrogen and oxygen atoms in total. The van der Waals surface area contributed by atoms with Gasteiger partial charge < -0.3 is 8.85 Å². The number of nitriles is 1. The van der Waals surface area contributed by atoms with Gasteiger partial charge in [-0.2, -0.15) is 5.26 Å². The fourth-order valence-electron chi connectivity index (χ4n) is 8.96. The van der Waals surface area contributed by atoms with Crippen LogP contribution in [0.15, 0.2) is 11.8 Å². The quantitative estimate of drug-likeness (QED) is 0.343. The van der Waals surface area contributed by atoms with Crippen molar-refractivity contribution in [2.45, 2.75) is 118 Å². The Hall–Kier alpha value is -0.576. The Balaban J connectivity index is 1.69. The summed E-state index contributed by atoms with van der Waals surface area (Å²) in [6.45, 7) is 21.6. The van der Waals surface area contributed by atoms with E-state index in [9.17, 15) is 5.26 Å². The molecule has 5 heteroatoms. The Bertz CT molecular complexity index is 837. The van der Waals surface area contributed by atoms with E-state index in [1.165, 1.54) is 50.7 Å². The normalized spacial score (nSPS) is 43.1. The highest BCUT2D eigenvalue weighted by Gasteiger charge is 2.62. The van der Waals surface area contributed by atoms with E-state index in [-0.39, 0.29) is 0 Å². The Morgan fingerprint density at radius 3 is 2.24 bits per heavy atom. The van der Waals surface area contributed by atoms with Crippen molar-refractivity contribution in [2.24, 2.45) is 46.3 Å². The molecule has 3 saturated carbocycles. The van der Waals surface area contributed by atoms with Crippen LogP contribution in [0.2, 0.25) is 39.3 Å². The molecule has 0 bridgehead atoms. The average Bonchev–Trinajstić information content (AvgIpc) is 3.04. The van der Waals surface area contributed by atoms with E-state index in [0.717, 1.165) is 5.92 Å². The Morgan fingerprint density at radius 1 is 0.971 bits per heavy atom. The van der Waals surface area contributed by atoms with Crippen LogP contribution in [0, 0.1) is 57.7 Å². The molecule has 0 aromatic heterocycles. The van der Waals surface area contributed by atoms with Crippen LogP contribution in [0.1, 0.15) is 72.1 Å². The van der Waals surface area contributed by atoms with E-state index >= 15 is 0 Å². The van der Waals surface area contributed by atoms with Gasteiger partial charge in [0.1, 0.15) is 0 Å². The summed E-state index contributed by atoms with van der Waals surface area (Å²) < 4.78 is 13.6. The largest absolute Gasteiger partial charge is 0.547 e. The first kappa shape index (κ1) is 26.5. The predicted octanol–water partition coefficient (Wildman–Crippen LogP) is 8.37. The standard InChI is InChI=1S/C29H51NO2Si2/c1-20(14-17-30)23-10-11-24-27-25(13-16-29(23,24)3)28(2)15-12-22(31-33(4,5)6)18-21(28)19-26(27)32-34(7,8)9/h19-25,27H,10-16,18H2,1-9H3/t20-,21+,22?,23-,24+,25+,27+,28+,29-/m1/s1. The molecule has 0 spiro atoms. The van der Waals surface area contributed by atoms with E-state index < -0.39 is 16.6 Å². The van der Waals surface area contributed by atoms with E-state index in [1.54, 1.807) is 0 Å². The van der Waals surface area contributed by atoms with Crippen molar-refractivity contribution in [1.82, 2.24) is 0 Å². The van der Waals surface area contributed by atoms with Crippen LogP contribution < -0.4 is 0 Å². The molecule has 0 radical (unpaired) electrons. The second-order valence-electron chi connectivity index (χ2n) is 14.8. The third-order valence-electron chi connectivity index (χ3n) is 10.3. The fourth-order valence-corrected chi connectivity index (χ4v) is 11.1. The summed E-state index contributed by atoms with van der Waals surface area (Å²) in [6, 6.07) is 2.48. The molecule has 192 valence electrons. The van der Waals surface area contributed by atoms with Crippen molar-refractivity contribution in [3.05, 3.63) is 11.8 Å². The van der Waals surface area contributed by atoms with E-state index in [4.69, 9.17) is 8.85 Å². The van der Waals surface area contributed by atoms with Gasteiger partial charge in [0.15, 0.2) is 8.32 Å². The van der Waals surface area contributed by atoms with Gasteiger partial charge in [0.25, 0.3) is 0 Å².